The second-order valence-electron chi connectivity index (χ2n) is 8.96. The Morgan fingerprint density at radius 1 is 0.364 bits per heavy atom. The van der Waals surface area contributed by atoms with Gasteiger partial charge in [0.1, 0.15) is 0 Å². The molecule has 4 rings (SSSR count). The van der Waals surface area contributed by atoms with E-state index in [-0.39, 0.29) is 0 Å². The Morgan fingerprint density at radius 2 is 0.545 bits per heavy atom. The molecule has 2 heterocycles. The first-order valence-corrected chi connectivity index (χ1v) is 10.8. The van der Waals surface area contributed by atoms with Gasteiger partial charge in [0.15, 0.2) is 46.5 Å². The fourth-order valence-electron chi connectivity index (χ4n) is 4.13. The van der Waals surface area contributed by atoms with Gasteiger partial charge in [-0.2, -0.15) is 35.1 Å². The van der Waals surface area contributed by atoms with Crippen LogP contribution in [0.5, 0.6) is 0 Å². The molecule has 6 nitrogen and oxygen atoms in total. The van der Waals surface area contributed by atoms with Gasteiger partial charge in [0.05, 0.1) is 35.3 Å². The lowest BCUT2D eigenvalue weighted by atomic mass is 9.97. The maximum atomic E-state index is 14.5. The Bertz CT molecular complexity index is 1490. The van der Waals surface area contributed by atoms with Crippen LogP contribution in [-0.4, -0.2) is 70.2 Å². The molecule has 0 N–H and O–H groups in total. The van der Waals surface area contributed by atoms with Gasteiger partial charge >= 0.3 is 23.7 Å². The number of halogens is 16. The predicted octanol–water partition coefficient (Wildman–Crippen LogP) is 5.23. The van der Waals surface area contributed by atoms with Crippen LogP contribution in [0.25, 0.3) is 0 Å². The molecule has 44 heavy (non-hydrogen) atoms. The number of alkyl halides is 8. The van der Waals surface area contributed by atoms with Crippen LogP contribution in [0, 0.1) is 46.5 Å². The molecule has 0 fully saturated rings. The minimum Gasteiger partial charge on any atom is -0.268 e. The molecule has 4 amide bonds. The topological polar surface area (TPSA) is 74.8 Å². The summed E-state index contributed by atoms with van der Waals surface area (Å²) in [4.78, 5) is 45.8. The summed E-state index contributed by atoms with van der Waals surface area (Å²) >= 11 is 0. The van der Waals surface area contributed by atoms with Crippen LogP contribution in [0.4, 0.5) is 70.2 Å². The van der Waals surface area contributed by atoms with Gasteiger partial charge in [-0.15, -0.1) is 0 Å². The van der Waals surface area contributed by atoms with Crippen LogP contribution >= 0.6 is 0 Å². The number of imide groups is 2. The maximum absolute atomic E-state index is 14.5. The molecule has 0 radical (unpaired) electrons. The lowest BCUT2D eigenvalue weighted by molar-refractivity contribution is -0.365. The molecule has 2 aliphatic rings. The Kier molecular flexibility index (Phi) is 7.06. The number of hydrogen-bond acceptors (Lipinski definition) is 4. The van der Waals surface area contributed by atoms with E-state index in [9.17, 15) is 89.4 Å². The average Bonchev–Trinajstić information content (AvgIpc) is 3.32. The highest BCUT2D eigenvalue weighted by atomic mass is 19.4. The Labute approximate surface area is 229 Å². The van der Waals surface area contributed by atoms with Crippen molar-refractivity contribution in [3.05, 3.63) is 68.8 Å². The average molecular weight is 664 g/mol. The van der Waals surface area contributed by atoms with E-state index in [2.05, 4.69) is 0 Å². The van der Waals surface area contributed by atoms with Gasteiger partial charge in [0, 0.05) is 0 Å². The van der Waals surface area contributed by atoms with Crippen LogP contribution in [0.15, 0.2) is 0 Å². The molecule has 0 saturated carbocycles. The largest absolute Gasteiger partial charge is 0.380 e. The number of carbonyl (C=O) groups is 4. The van der Waals surface area contributed by atoms with Gasteiger partial charge < -0.3 is 0 Å². The molecular weight excluding hydrogens is 660 g/mol. The van der Waals surface area contributed by atoms with E-state index < -0.39 is 139 Å². The molecule has 2 aromatic carbocycles. The zero-order valence-corrected chi connectivity index (χ0v) is 20.0. The van der Waals surface area contributed by atoms with Gasteiger partial charge in [0.25, 0.3) is 23.6 Å². The van der Waals surface area contributed by atoms with Crippen molar-refractivity contribution in [2.45, 2.75) is 23.7 Å². The second-order valence-corrected chi connectivity index (χ2v) is 8.96. The number of benzene rings is 2. The smallest absolute Gasteiger partial charge is 0.268 e. The highest BCUT2D eigenvalue weighted by molar-refractivity contribution is 6.22. The third-order valence-electron chi connectivity index (χ3n) is 6.40. The number of fused-ring (bicyclic) bond motifs is 2. The summed E-state index contributed by atoms with van der Waals surface area (Å²) in [6.45, 7) is -6.80. The summed E-state index contributed by atoms with van der Waals surface area (Å²) in [6, 6.07) is 0. The number of amides is 4. The van der Waals surface area contributed by atoms with E-state index in [1.54, 1.807) is 0 Å². The third kappa shape index (κ3) is 3.97. The molecule has 0 bridgehead atoms. The van der Waals surface area contributed by atoms with Gasteiger partial charge in [-0.25, -0.2) is 35.1 Å². The van der Waals surface area contributed by atoms with Gasteiger partial charge in [-0.05, 0) is 0 Å². The minimum atomic E-state index is -7.47. The van der Waals surface area contributed by atoms with Gasteiger partial charge in [-0.1, -0.05) is 0 Å². The van der Waals surface area contributed by atoms with E-state index in [0.717, 1.165) is 0 Å². The Balaban J connectivity index is 1.67. The van der Waals surface area contributed by atoms with Gasteiger partial charge in [-0.3, -0.25) is 29.0 Å². The molecule has 2 aliphatic heterocycles. The summed E-state index contributed by atoms with van der Waals surface area (Å²) in [5.41, 5.74) is -8.61. The Hall–Kier alpha value is -4.40. The van der Waals surface area contributed by atoms with E-state index in [0.29, 0.717) is 0 Å². The fourth-order valence-corrected chi connectivity index (χ4v) is 4.13. The normalized spacial score (nSPS) is 16.0. The summed E-state index contributed by atoms with van der Waals surface area (Å²) in [5, 5.41) is 0. The quantitative estimate of drug-likeness (QED) is 0.176. The zero-order chi connectivity index (χ0) is 33.8. The predicted molar refractivity (Wildman–Crippen MR) is 103 cm³/mol. The number of nitrogens with zero attached hydrogens (tertiary/aromatic N) is 2. The number of carbonyl (C=O) groups excluding carboxylic acids is 4. The SMILES string of the molecule is O=C1c2c(F)c(F)c(F)c(F)c2C(=O)N1CC(F)(F)C(F)(F)C(F)(F)C(F)(F)CN1C(=O)c2c(F)c(F)c(F)c(F)c2C1=O. The molecule has 238 valence electrons. The van der Waals surface area contributed by atoms with Crippen molar-refractivity contribution in [3.8, 4) is 0 Å². The molecule has 22 heteroatoms. The van der Waals surface area contributed by atoms with Crippen molar-refractivity contribution in [1.29, 1.82) is 0 Å². The molecule has 0 aliphatic carbocycles. The standard InChI is InChI=1S/C22H4F16N2O4/c23-7-3-4(8(24)12(28)11(7)27)16(42)39(15(3)41)1-19(31,32)21(35,36)22(37,38)20(33,34)2-40-17(43)5-6(18(40)44)10(26)14(30)13(29)9(5)25/h1-2H2. The van der Waals surface area contributed by atoms with Gasteiger partial charge in [0.2, 0.25) is 0 Å². The third-order valence-corrected chi connectivity index (χ3v) is 6.40. The summed E-state index contributed by atoms with van der Waals surface area (Å²) in [7, 11) is 0. The Morgan fingerprint density at radius 3 is 0.727 bits per heavy atom. The van der Waals surface area contributed by atoms with E-state index in [1.165, 1.54) is 0 Å². The highest BCUT2D eigenvalue weighted by Gasteiger charge is 2.81. The lowest BCUT2D eigenvalue weighted by Crippen LogP contribution is -2.67. The molecule has 0 saturated heterocycles. The van der Waals surface area contributed by atoms with E-state index >= 15 is 0 Å². The number of rotatable bonds is 7. The first-order valence-electron chi connectivity index (χ1n) is 10.8. The van der Waals surface area contributed by atoms with Crippen molar-refractivity contribution in [2.24, 2.45) is 0 Å². The maximum Gasteiger partial charge on any atom is 0.380 e. The fraction of sp³-hybridized carbons (Fsp3) is 0.273. The van der Waals surface area contributed by atoms with Crippen molar-refractivity contribution < 1.29 is 89.4 Å². The summed E-state index contributed by atoms with van der Waals surface area (Å²) in [6.07, 6.45) is 0. The van der Waals surface area contributed by atoms with Crippen LogP contribution in [-0.2, 0) is 0 Å². The molecule has 0 unspecified atom stereocenters. The van der Waals surface area contributed by atoms with Crippen LogP contribution in [0.2, 0.25) is 0 Å². The molecule has 0 aromatic heterocycles. The van der Waals surface area contributed by atoms with E-state index in [4.69, 9.17) is 0 Å². The zero-order valence-electron chi connectivity index (χ0n) is 20.0. The van der Waals surface area contributed by atoms with Crippen molar-refractivity contribution in [2.75, 3.05) is 13.1 Å². The highest BCUT2D eigenvalue weighted by Crippen LogP contribution is 2.54. The second kappa shape index (κ2) is 9.55. The molecule has 2 aromatic rings. The van der Waals surface area contributed by atoms with Crippen LogP contribution in [0.3, 0.4) is 0 Å². The van der Waals surface area contributed by atoms with Crippen LogP contribution in [0.1, 0.15) is 41.4 Å². The van der Waals surface area contributed by atoms with Crippen molar-refractivity contribution in [3.63, 3.8) is 0 Å². The lowest BCUT2D eigenvalue weighted by Gasteiger charge is -2.38. The summed E-state index contributed by atoms with van der Waals surface area (Å²) in [5.74, 6) is -60.9. The first kappa shape index (κ1) is 32.5. The molecule has 0 spiro atoms. The molecule has 0 atom stereocenters. The number of hydrogen-bond donors (Lipinski definition) is 0. The first-order chi connectivity index (χ1) is 19.9. The molecular formula is C22H4F16N2O4. The van der Waals surface area contributed by atoms with E-state index in [1.807, 2.05) is 0 Å². The van der Waals surface area contributed by atoms with Crippen LogP contribution < -0.4 is 0 Å². The van der Waals surface area contributed by atoms with Crippen molar-refractivity contribution >= 4 is 23.6 Å². The minimum absolute atomic E-state index is 1.34. The van der Waals surface area contributed by atoms with Crippen molar-refractivity contribution in [1.82, 2.24) is 9.80 Å². The monoisotopic (exact) mass is 664 g/mol. The summed E-state index contributed by atoms with van der Waals surface area (Å²) < 4.78 is 225.